The third kappa shape index (κ3) is 8.49. The normalized spacial score (nSPS) is 12.1. The zero-order valence-corrected chi connectivity index (χ0v) is 35.0. The maximum absolute atomic E-state index is 14.3. The van der Waals surface area contributed by atoms with Crippen molar-refractivity contribution in [2.45, 2.75) is 58.5 Å². The van der Waals surface area contributed by atoms with Crippen LogP contribution in [-0.4, -0.2) is 0 Å². The molecule has 0 saturated carbocycles. The van der Waals surface area contributed by atoms with Crippen LogP contribution in [0.4, 0.5) is 13.2 Å². The van der Waals surface area contributed by atoms with Crippen LogP contribution in [0.1, 0.15) is 58.2 Å². The first-order valence-electron chi connectivity index (χ1n) is 20.6. The number of benzene rings is 8. The molecule has 0 amide bonds. The summed E-state index contributed by atoms with van der Waals surface area (Å²) in [6, 6.07) is 64.5. The Labute approximate surface area is 353 Å². The molecule has 3 heteroatoms. The van der Waals surface area contributed by atoms with Crippen molar-refractivity contribution in [1.82, 2.24) is 0 Å². The quantitative estimate of drug-likeness (QED) is 0.151. The van der Waals surface area contributed by atoms with E-state index in [1.54, 1.807) is 12.1 Å². The lowest BCUT2D eigenvalue weighted by atomic mass is 9.76. The van der Waals surface area contributed by atoms with Gasteiger partial charge in [-0.3, -0.25) is 0 Å². The minimum atomic E-state index is -4.45. The Kier molecular flexibility index (Phi) is 10.7. The second-order valence-corrected chi connectivity index (χ2v) is 17.8. The minimum absolute atomic E-state index is 0.232. The molecule has 8 rings (SSSR count). The van der Waals surface area contributed by atoms with Crippen LogP contribution in [0.15, 0.2) is 188 Å². The van der Waals surface area contributed by atoms with E-state index in [9.17, 15) is 13.2 Å². The minimum Gasteiger partial charge on any atom is -0.166 e. The summed E-state index contributed by atoms with van der Waals surface area (Å²) in [4.78, 5) is 0. The summed E-state index contributed by atoms with van der Waals surface area (Å²) in [6.45, 7) is 12.3. The smallest absolute Gasteiger partial charge is 0.166 e. The van der Waals surface area contributed by atoms with E-state index < -0.39 is 17.2 Å². The molecule has 8 aromatic carbocycles. The first-order chi connectivity index (χ1) is 28.6. The highest BCUT2D eigenvalue weighted by molar-refractivity contribution is 5.89. The largest absolute Gasteiger partial charge is 0.416 e. The highest BCUT2D eigenvalue weighted by Crippen LogP contribution is 2.45. The molecule has 0 heterocycles. The maximum atomic E-state index is 14.3. The van der Waals surface area contributed by atoms with Gasteiger partial charge in [0.2, 0.25) is 0 Å². The average molecular weight is 791 g/mol. The highest BCUT2D eigenvalue weighted by atomic mass is 19.4. The number of halogens is 3. The van der Waals surface area contributed by atoms with Crippen LogP contribution in [0.2, 0.25) is 0 Å². The molecule has 298 valence electrons. The van der Waals surface area contributed by atoms with Gasteiger partial charge in [-0.1, -0.05) is 187 Å². The predicted octanol–water partition coefficient (Wildman–Crippen LogP) is 17.0. The number of hydrogen-bond acceptors (Lipinski definition) is 0. The summed E-state index contributed by atoms with van der Waals surface area (Å²) in [5.74, 6) is 0. The van der Waals surface area contributed by atoms with Gasteiger partial charge in [0.15, 0.2) is 0 Å². The van der Waals surface area contributed by atoms with Crippen molar-refractivity contribution in [3.63, 3.8) is 0 Å². The van der Waals surface area contributed by atoms with Gasteiger partial charge in [0, 0.05) is 0 Å². The molecule has 8 aromatic rings. The van der Waals surface area contributed by atoms with Crippen LogP contribution in [0.5, 0.6) is 0 Å². The highest BCUT2D eigenvalue weighted by Gasteiger charge is 2.36. The van der Waals surface area contributed by atoms with E-state index in [-0.39, 0.29) is 5.41 Å². The number of rotatable bonds is 7. The molecule has 0 spiro atoms. The van der Waals surface area contributed by atoms with Crippen molar-refractivity contribution in [3.8, 4) is 77.9 Å². The Balaban J connectivity index is 1.28. The summed E-state index contributed by atoms with van der Waals surface area (Å²) in [7, 11) is 0. The van der Waals surface area contributed by atoms with E-state index in [2.05, 4.69) is 160 Å². The van der Waals surface area contributed by atoms with Crippen molar-refractivity contribution >= 4 is 0 Å². The maximum Gasteiger partial charge on any atom is 0.416 e. The lowest BCUT2D eigenvalue weighted by Crippen LogP contribution is -2.19. The SMILES string of the molecule is CC(C)(C)c1ccc(-c2ccc(-c3cc(-c4ccccc4)cc(-c4cccc(-c5cc(-c6ccccc6)cc(-c6ccccc6)c5)c4C(C)(C)C)c3)cc2)cc1C(F)(F)F. The van der Waals surface area contributed by atoms with E-state index in [1.807, 2.05) is 51.1 Å². The van der Waals surface area contributed by atoms with E-state index in [1.165, 1.54) is 28.3 Å². The van der Waals surface area contributed by atoms with Gasteiger partial charge >= 0.3 is 6.18 Å². The van der Waals surface area contributed by atoms with Gasteiger partial charge in [-0.05, 0) is 142 Å². The zero-order valence-electron chi connectivity index (χ0n) is 35.0. The van der Waals surface area contributed by atoms with Crippen molar-refractivity contribution in [2.75, 3.05) is 0 Å². The van der Waals surface area contributed by atoms with E-state index in [0.717, 1.165) is 55.6 Å². The molecule has 0 nitrogen and oxygen atoms in total. The molecule has 0 atom stereocenters. The summed E-state index contributed by atoms with van der Waals surface area (Å²) >= 11 is 0. The standard InChI is InChI=1S/C57H49F3/c1-55(2,3)52-30-29-43(37-53(52)57(58,59)60)41-25-27-42(28-26-41)47-32-46(40-21-14-9-15-22-40)35-49(36-47)51-24-16-23-50(54(51)56(4,5)6)48-33-44(38-17-10-7-11-18-38)31-45(34-48)39-19-12-8-13-20-39/h7-37H,1-6H3. The summed E-state index contributed by atoms with van der Waals surface area (Å²) < 4.78 is 42.9. The van der Waals surface area contributed by atoms with Crippen LogP contribution in [-0.2, 0) is 17.0 Å². The van der Waals surface area contributed by atoms with Gasteiger partial charge in [-0.25, -0.2) is 0 Å². The van der Waals surface area contributed by atoms with Crippen molar-refractivity contribution in [1.29, 1.82) is 0 Å². The molecule has 0 aliphatic heterocycles. The second kappa shape index (κ2) is 16.0. The Hall–Kier alpha value is -6.45. The number of alkyl halides is 3. The van der Waals surface area contributed by atoms with Crippen LogP contribution >= 0.6 is 0 Å². The Morgan fingerprint density at radius 2 is 0.600 bits per heavy atom. The fraction of sp³-hybridized carbons (Fsp3) is 0.158. The van der Waals surface area contributed by atoms with Gasteiger partial charge in [0.1, 0.15) is 0 Å². The Morgan fingerprint density at radius 1 is 0.267 bits per heavy atom. The Morgan fingerprint density at radius 3 is 0.950 bits per heavy atom. The van der Waals surface area contributed by atoms with Gasteiger partial charge in [-0.15, -0.1) is 0 Å². The fourth-order valence-corrected chi connectivity index (χ4v) is 8.43. The Bertz CT molecular complexity index is 2710. The lowest BCUT2D eigenvalue weighted by Gasteiger charge is -2.28. The zero-order chi connectivity index (χ0) is 42.2. The second-order valence-electron chi connectivity index (χ2n) is 17.8. The molecule has 0 saturated heterocycles. The summed E-state index contributed by atoms with van der Waals surface area (Å²) in [6.07, 6.45) is -4.45. The molecule has 60 heavy (non-hydrogen) atoms. The number of hydrogen-bond donors (Lipinski definition) is 0. The van der Waals surface area contributed by atoms with Gasteiger partial charge in [0.05, 0.1) is 5.56 Å². The molecular formula is C57H49F3. The first kappa shape index (κ1) is 40.3. The third-order valence-corrected chi connectivity index (χ3v) is 11.3. The van der Waals surface area contributed by atoms with Crippen molar-refractivity contribution in [3.05, 3.63) is 205 Å². The molecule has 0 aliphatic rings. The van der Waals surface area contributed by atoms with Gasteiger partial charge in [-0.2, -0.15) is 13.2 Å². The molecule has 0 bridgehead atoms. The van der Waals surface area contributed by atoms with E-state index >= 15 is 0 Å². The molecule has 0 N–H and O–H groups in total. The van der Waals surface area contributed by atoms with Crippen molar-refractivity contribution in [2.24, 2.45) is 0 Å². The summed E-state index contributed by atoms with van der Waals surface area (Å²) in [5, 5.41) is 0. The van der Waals surface area contributed by atoms with Crippen LogP contribution in [0.25, 0.3) is 77.9 Å². The van der Waals surface area contributed by atoms with E-state index in [0.29, 0.717) is 11.1 Å². The topological polar surface area (TPSA) is 0 Å². The molecule has 0 radical (unpaired) electrons. The van der Waals surface area contributed by atoms with Crippen LogP contribution < -0.4 is 0 Å². The molecule has 0 aliphatic carbocycles. The molecule has 0 fully saturated rings. The first-order valence-corrected chi connectivity index (χ1v) is 20.6. The molecule has 0 unspecified atom stereocenters. The van der Waals surface area contributed by atoms with Gasteiger partial charge in [0.25, 0.3) is 0 Å². The average Bonchev–Trinajstić information content (AvgIpc) is 3.25. The molecule has 0 aromatic heterocycles. The third-order valence-electron chi connectivity index (χ3n) is 11.3. The fourth-order valence-electron chi connectivity index (χ4n) is 8.43. The van der Waals surface area contributed by atoms with Gasteiger partial charge < -0.3 is 0 Å². The van der Waals surface area contributed by atoms with Crippen LogP contribution in [0, 0.1) is 0 Å². The lowest BCUT2D eigenvalue weighted by molar-refractivity contribution is -0.138. The molecular weight excluding hydrogens is 742 g/mol. The monoisotopic (exact) mass is 790 g/mol. The summed E-state index contributed by atoms with van der Waals surface area (Å²) in [5.41, 5.74) is 14.8. The van der Waals surface area contributed by atoms with Crippen LogP contribution in [0.3, 0.4) is 0 Å². The predicted molar refractivity (Wildman–Crippen MR) is 247 cm³/mol. The van der Waals surface area contributed by atoms with E-state index in [4.69, 9.17) is 0 Å². The van der Waals surface area contributed by atoms with Crippen molar-refractivity contribution < 1.29 is 13.2 Å².